The minimum Gasteiger partial charge on any atom is -0.460 e. The van der Waals surface area contributed by atoms with Crippen molar-refractivity contribution < 1.29 is 4.74 Å². The van der Waals surface area contributed by atoms with Crippen LogP contribution in [-0.2, 0) is 0 Å². The molecule has 0 amide bonds. The van der Waals surface area contributed by atoms with Gasteiger partial charge in [0.2, 0.25) is 0 Å². The zero-order chi connectivity index (χ0) is 12.4. The Kier molecular flexibility index (Phi) is 3.62. The smallest absolute Gasteiger partial charge is 0.317 e. The summed E-state index contributed by atoms with van der Waals surface area (Å²) < 4.78 is 5.82. The molecule has 2 unspecified atom stereocenters. The molecule has 1 aromatic heterocycles. The van der Waals surface area contributed by atoms with Gasteiger partial charge < -0.3 is 10.5 Å². The zero-order valence-electron chi connectivity index (χ0n) is 10.8. The van der Waals surface area contributed by atoms with Crippen molar-refractivity contribution in [2.24, 2.45) is 5.73 Å². The van der Waals surface area contributed by atoms with Crippen molar-refractivity contribution in [1.29, 1.82) is 0 Å². The summed E-state index contributed by atoms with van der Waals surface area (Å²) in [6, 6.07) is 2.79. The zero-order valence-corrected chi connectivity index (χ0v) is 10.8. The van der Waals surface area contributed by atoms with Crippen molar-refractivity contribution in [2.45, 2.75) is 58.1 Å². The number of aryl methyl sites for hydroxylation is 1. The van der Waals surface area contributed by atoms with Crippen molar-refractivity contribution >= 4 is 0 Å². The quantitative estimate of drug-likeness (QED) is 0.872. The van der Waals surface area contributed by atoms with E-state index in [1.807, 2.05) is 13.0 Å². The molecule has 1 saturated carbocycles. The van der Waals surface area contributed by atoms with Crippen LogP contribution in [0.25, 0.3) is 0 Å². The number of hydrogen-bond acceptors (Lipinski definition) is 4. The summed E-state index contributed by atoms with van der Waals surface area (Å²) in [6.07, 6.45) is 3.14. The molecule has 0 aromatic carbocycles. The van der Waals surface area contributed by atoms with Gasteiger partial charge in [0.05, 0.1) is 5.69 Å². The van der Waals surface area contributed by atoms with E-state index in [4.69, 9.17) is 10.5 Å². The van der Waals surface area contributed by atoms with Crippen LogP contribution in [0.2, 0.25) is 0 Å². The fourth-order valence-electron chi connectivity index (χ4n) is 2.14. The fraction of sp³-hybridized carbons (Fsp3) is 0.692. The van der Waals surface area contributed by atoms with Gasteiger partial charge in [0.1, 0.15) is 6.10 Å². The van der Waals surface area contributed by atoms with E-state index in [0.717, 1.165) is 30.7 Å². The van der Waals surface area contributed by atoms with Gasteiger partial charge in [-0.15, -0.1) is 0 Å². The summed E-state index contributed by atoms with van der Waals surface area (Å²) >= 11 is 0. The van der Waals surface area contributed by atoms with Gasteiger partial charge in [0, 0.05) is 11.7 Å². The average molecular weight is 235 g/mol. The van der Waals surface area contributed by atoms with Crippen LogP contribution in [0.15, 0.2) is 6.07 Å². The molecular formula is C13H21N3O. The van der Waals surface area contributed by atoms with E-state index in [1.165, 1.54) is 0 Å². The third kappa shape index (κ3) is 3.16. The SMILES string of the molecule is Cc1cc(C(C)C)nc(OC2CCC(N)C2)n1. The highest BCUT2D eigenvalue weighted by Gasteiger charge is 2.24. The minimum absolute atomic E-state index is 0.187. The Morgan fingerprint density at radius 3 is 2.71 bits per heavy atom. The van der Waals surface area contributed by atoms with Crippen LogP contribution in [-0.4, -0.2) is 22.1 Å². The molecule has 2 N–H and O–H groups in total. The number of ether oxygens (including phenoxy) is 1. The van der Waals surface area contributed by atoms with Crippen LogP contribution >= 0.6 is 0 Å². The minimum atomic E-state index is 0.187. The molecule has 94 valence electrons. The molecule has 0 spiro atoms. The highest BCUT2D eigenvalue weighted by atomic mass is 16.5. The number of nitrogens with two attached hydrogens (primary N) is 1. The first kappa shape index (κ1) is 12.3. The largest absolute Gasteiger partial charge is 0.460 e. The molecule has 0 saturated heterocycles. The lowest BCUT2D eigenvalue weighted by Gasteiger charge is -2.13. The van der Waals surface area contributed by atoms with Crippen LogP contribution in [0.4, 0.5) is 0 Å². The Hall–Kier alpha value is -1.16. The third-order valence-electron chi connectivity index (χ3n) is 3.14. The predicted molar refractivity (Wildman–Crippen MR) is 67.1 cm³/mol. The van der Waals surface area contributed by atoms with Gasteiger partial charge in [-0.25, -0.2) is 4.98 Å². The molecule has 1 aliphatic rings. The average Bonchev–Trinajstić information content (AvgIpc) is 2.63. The lowest BCUT2D eigenvalue weighted by atomic mass is 10.1. The third-order valence-corrected chi connectivity index (χ3v) is 3.14. The molecule has 0 aliphatic heterocycles. The van der Waals surface area contributed by atoms with Gasteiger partial charge in [-0.2, -0.15) is 4.98 Å². The maximum Gasteiger partial charge on any atom is 0.317 e. The number of nitrogens with zero attached hydrogens (tertiary/aromatic N) is 2. The van der Waals surface area contributed by atoms with Crippen LogP contribution in [0.3, 0.4) is 0 Å². The first-order valence-electron chi connectivity index (χ1n) is 6.32. The molecule has 2 atom stereocenters. The molecule has 1 heterocycles. The van der Waals surface area contributed by atoms with E-state index in [-0.39, 0.29) is 12.1 Å². The molecule has 4 heteroatoms. The van der Waals surface area contributed by atoms with E-state index >= 15 is 0 Å². The first-order chi connectivity index (χ1) is 8.04. The molecule has 0 radical (unpaired) electrons. The molecule has 2 rings (SSSR count). The lowest BCUT2D eigenvalue weighted by molar-refractivity contribution is 0.189. The number of hydrogen-bond donors (Lipinski definition) is 1. The normalized spacial score (nSPS) is 24.3. The first-order valence-corrected chi connectivity index (χ1v) is 6.32. The highest BCUT2D eigenvalue weighted by Crippen LogP contribution is 2.23. The van der Waals surface area contributed by atoms with E-state index in [0.29, 0.717) is 11.9 Å². The van der Waals surface area contributed by atoms with Crippen LogP contribution in [0, 0.1) is 6.92 Å². The van der Waals surface area contributed by atoms with Gasteiger partial charge in [0.25, 0.3) is 0 Å². The van der Waals surface area contributed by atoms with Crippen molar-refractivity contribution in [1.82, 2.24) is 9.97 Å². The van der Waals surface area contributed by atoms with E-state index in [1.54, 1.807) is 0 Å². The molecule has 0 bridgehead atoms. The van der Waals surface area contributed by atoms with E-state index in [2.05, 4.69) is 23.8 Å². The van der Waals surface area contributed by atoms with Crippen LogP contribution in [0.5, 0.6) is 6.01 Å². The second-order valence-corrected chi connectivity index (χ2v) is 5.18. The maximum atomic E-state index is 5.87. The standard InChI is InChI=1S/C13H21N3O/c1-8(2)12-6-9(3)15-13(16-12)17-11-5-4-10(14)7-11/h6,8,10-11H,4-5,7,14H2,1-3H3. The second kappa shape index (κ2) is 5.00. The lowest BCUT2D eigenvalue weighted by Crippen LogP contribution is -2.20. The van der Waals surface area contributed by atoms with Gasteiger partial charge in [-0.1, -0.05) is 13.8 Å². The Balaban J connectivity index is 2.10. The summed E-state index contributed by atoms with van der Waals surface area (Å²) in [6.45, 7) is 6.22. The van der Waals surface area contributed by atoms with Gasteiger partial charge in [0.15, 0.2) is 0 Å². The van der Waals surface area contributed by atoms with E-state index in [9.17, 15) is 0 Å². The second-order valence-electron chi connectivity index (χ2n) is 5.18. The van der Waals surface area contributed by atoms with E-state index < -0.39 is 0 Å². The summed E-state index contributed by atoms with van der Waals surface area (Å²) in [5.41, 5.74) is 7.86. The predicted octanol–water partition coefficient (Wildman–Crippen LogP) is 2.17. The fourth-order valence-corrected chi connectivity index (χ4v) is 2.14. The summed E-state index contributed by atoms with van der Waals surface area (Å²) in [4.78, 5) is 8.78. The molecular weight excluding hydrogens is 214 g/mol. The highest BCUT2D eigenvalue weighted by molar-refractivity contribution is 5.15. The van der Waals surface area contributed by atoms with Crippen LogP contribution < -0.4 is 10.5 Å². The Morgan fingerprint density at radius 2 is 2.12 bits per heavy atom. The summed E-state index contributed by atoms with van der Waals surface area (Å²) in [7, 11) is 0. The topological polar surface area (TPSA) is 61.0 Å². The molecule has 4 nitrogen and oxygen atoms in total. The van der Waals surface area contributed by atoms with Gasteiger partial charge >= 0.3 is 6.01 Å². The maximum absolute atomic E-state index is 5.87. The molecule has 1 aromatic rings. The monoisotopic (exact) mass is 235 g/mol. The summed E-state index contributed by atoms with van der Waals surface area (Å²) in [5.74, 6) is 0.393. The molecule has 1 aliphatic carbocycles. The van der Waals surface area contributed by atoms with Crippen molar-refractivity contribution in [3.63, 3.8) is 0 Å². The van der Waals surface area contributed by atoms with Gasteiger partial charge in [-0.3, -0.25) is 0 Å². The Morgan fingerprint density at radius 1 is 1.35 bits per heavy atom. The van der Waals surface area contributed by atoms with Crippen LogP contribution in [0.1, 0.15) is 50.4 Å². The molecule has 17 heavy (non-hydrogen) atoms. The molecule has 1 fully saturated rings. The number of rotatable bonds is 3. The van der Waals surface area contributed by atoms with Crippen molar-refractivity contribution in [2.75, 3.05) is 0 Å². The Bertz CT molecular complexity index is 392. The number of aromatic nitrogens is 2. The van der Waals surface area contributed by atoms with Crippen molar-refractivity contribution in [3.05, 3.63) is 17.5 Å². The van der Waals surface area contributed by atoms with Gasteiger partial charge in [-0.05, 0) is 38.2 Å². The van der Waals surface area contributed by atoms with Crippen molar-refractivity contribution in [3.8, 4) is 6.01 Å². The Labute approximate surface area is 103 Å². The summed E-state index contributed by atoms with van der Waals surface area (Å²) in [5, 5.41) is 0.